The molecule has 5 nitrogen and oxygen atoms in total. The van der Waals surface area contributed by atoms with E-state index in [-0.39, 0.29) is 11.4 Å². The third kappa shape index (κ3) is 3.16. The molecule has 0 saturated carbocycles. The van der Waals surface area contributed by atoms with E-state index in [1.54, 1.807) is 12.1 Å². The molecule has 0 radical (unpaired) electrons. The molecule has 2 heterocycles. The fourth-order valence-corrected chi connectivity index (χ4v) is 5.06. The Bertz CT molecular complexity index is 1030. The molecule has 1 unspecified atom stereocenters. The standard InChI is InChI=1S/C18H17NO4S2/c20-16(15-11-24-18-4-2-1-3-14(15)18)10-19-25(21,22)13-5-6-17-12(9-13)7-8-23-17/h1-6,9,11,16,19-20H,7-8,10H2. The van der Waals surface area contributed by atoms with Crippen LogP contribution in [0.15, 0.2) is 52.7 Å². The van der Waals surface area contributed by atoms with Gasteiger partial charge >= 0.3 is 0 Å². The lowest BCUT2D eigenvalue weighted by Gasteiger charge is -2.12. The van der Waals surface area contributed by atoms with E-state index in [9.17, 15) is 13.5 Å². The van der Waals surface area contributed by atoms with E-state index in [0.29, 0.717) is 13.0 Å². The summed E-state index contributed by atoms with van der Waals surface area (Å²) in [5.41, 5.74) is 1.64. The normalized spacial score (nSPS) is 15.1. The summed E-state index contributed by atoms with van der Waals surface area (Å²) < 4.78 is 34.0. The molecule has 0 aliphatic carbocycles. The average molecular weight is 375 g/mol. The zero-order chi connectivity index (χ0) is 17.4. The molecule has 0 amide bonds. The van der Waals surface area contributed by atoms with E-state index < -0.39 is 16.1 Å². The third-order valence-corrected chi connectivity index (χ3v) is 6.71. The number of benzene rings is 2. The van der Waals surface area contributed by atoms with Crippen molar-refractivity contribution in [1.29, 1.82) is 0 Å². The Morgan fingerprint density at radius 2 is 2.08 bits per heavy atom. The van der Waals surface area contributed by atoms with Crippen molar-refractivity contribution in [2.45, 2.75) is 17.4 Å². The number of hydrogen-bond donors (Lipinski definition) is 2. The summed E-state index contributed by atoms with van der Waals surface area (Å²) in [5, 5.41) is 13.3. The number of sulfonamides is 1. The second-order valence-corrected chi connectivity index (χ2v) is 8.60. The molecule has 1 atom stereocenters. The highest BCUT2D eigenvalue weighted by molar-refractivity contribution is 7.89. The number of thiophene rings is 1. The molecule has 2 aromatic carbocycles. The summed E-state index contributed by atoms with van der Waals surface area (Å²) in [4.78, 5) is 0.194. The van der Waals surface area contributed by atoms with Crippen LogP contribution < -0.4 is 9.46 Å². The Hall–Kier alpha value is -1.93. The summed E-state index contributed by atoms with van der Waals surface area (Å²) in [5.74, 6) is 0.740. The molecule has 1 aliphatic rings. The van der Waals surface area contributed by atoms with Crippen LogP contribution in [-0.2, 0) is 16.4 Å². The minimum atomic E-state index is -3.68. The summed E-state index contributed by atoms with van der Waals surface area (Å²) >= 11 is 1.53. The van der Waals surface area contributed by atoms with Crippen LogP contribution in [0.2, 0.25) is 0 Å². The zero-order valence-electron chi connectivity index (χ0n) is 13.3. The van der Waals surface area contributed by atoms with Gasteiger partial charge in [-0.2, -0.15) is 0 Å². The van der Waals surface area contributed by atoms with Gasteiger partial charge in [0.2, 0.25) is 10.0 Å². The molecule has 0 bridgehead atoms. The maximum Gasteiger partial charge on any atom is 0.240 e. The predicted octanol–water partition coefficient (Wildman–Crippen LogP) is 2.85. The lowest BCUT2D eigenvalue weighted by molar-refractivity contribution is 0.184. The van der Waals surface area contributed by atoms with Crippen molar-refractivity contribution in [3.8, 4) is 5.75 Å². The van der Waals surface area contributed by atoms with Gasteiger partial charge in [0, 0.05) is 23.2 Å². The molecule has 0 spiro atoms. The van der Waals surface area contributed by atoms with E-state index in [0.717, 1.165) is 27.0 Å². The SMILES string of the molecule is O=S(=O)(NCC(O)c1csc2ccccc12)c1ccc2c(c1)CCO2. The first-order valence-electron chi connectivity index (χ1n) is 7.94. The second kappa shape index (κ2) is 6.42. The zero-order valence-corrected chi connectivity index (χ0v) is 14.9. The van der Waals surface area contributed by atoms with Gasteiger partial charge in [0.05, 0.1) is 17.6 Å². The molecule has 3 aromatic rings. The summed E-state index contributed by atoms with van der Waals surface area (Å²) in [6.45, 7) is 0.507. The van der Waals surface area contributed by atoms with Crippen molar-refractivity contribution in [3.63, 3.8) is 0 Å². The number of rotatable bonds is 5. The maximum absolute atomic E-state index is 12.5. The summed E-state index contributed by atoms with van der Waals surface area (Å²) in [7, 11) is -3.68. The predicted molar refractivity (Wildman–Crippen MR) is 97.6 cm³/mol. The lowest BCUT2D eigenvalue weighted by atomic mass is 10.1. The van der Waals surface area contributed by atoms with Gasteiger partial charge in [0.25, 0.3) is 0 Å². The Morgan fingerprint density at radius 1 is 1.24 bits per heavy atom. The number of aliphatic hydroxyl groups is 1. The van der Waals surface area contributed by atoms with E-state index in [1.165, 1.54) is 17.4 Å². The monoisotopic (exact) mass is 375 g/mol. The number of nitrogens with one attached hydrogen (secondary N) is 1. The van der Waals surface area contributed by atoms with Crippen LogP contribution in [0.3, 0.4) is 0 Å². The third-order valence-electron chi connectivity index (χ3n) is 4.31. The first-order chi connectivity index (χ1) is 12.0. The quantitative estimate of drug-likeness (QED) is 0.719. The highest BCUT2D eigenvalue weighted by Gasteiger charge is 2.21. The van der Waals surface area contributed by atoms with Gasteiger partial charge in [0.15, 0.2) is 0 Å². The van der Waals surface area contributed by atoms with Crippen LogP contribution in [-0.4, -0.2) is 26.7 Å². The Morgan fingerprint density at radius 3 is 2.96 bits per heavy atom. The molecule has 4 rings (SSSR count). The van der Waals surface area contributed by atoms with Crippen LogP contribution in [0.1, 0.15) is 17.2 Å². The fraction of sp³-hybridized carbons (Fsp3) is 0.222. The largest absolute Gasteiger partial charge is 0.493 e. The Labute approximate surface area is 149 Å². The van der Waals surface area contributed by atoms with Crippen molar-refractivity contribution >= 4 is 31.4 Å². The van der Waals surface area contributed by atoms with Crippen LogP contribution in [0.5, 0.6) is 5.75 Å². The highest BCUT2D eigenvalue weighted by atomic mass is 32.2. The van der Waals surface area contributed by atoms with Gasteiger partial charge in [0.1, 0.15) is 5.75 Å². The van der Waals surface area contributed by atoms with E-state index >= 15 is 0 Å². The molecular formula is C18H17NO4S2. The van der Waals surface area contributed by atoms with Gasteiger partial charge < -0.3 is 9.84 Å². The molecule has 1 aliphatic heterocycles. The molecule has 130 valence electrons. The fourth-order valence-electron chi connectivity index (χ4n) is 2.97. The van der Waals surface area contributed by atoms with Crippen LogP contribution in [0, 0.1) is 0 Å². The average Bonchev–Trinajstić information content (AvgIpc) is 3.25. The van der Waals surface area contributed by atoms with Gasteiger partial charge in [-0.25, -0.2) is 13.1 Å². The number of fused-ring (bicyclic) bond motifs is 2. The molecule has 7 heteroatoms. The summed E-state index contributed by atoms with van der Waals surface area (Å²) in [6.07, 6.45) is -0.189. The minimum Gasteiger partial charge on any atom is -0.493 e. The first-order valence-corrected chi connectivity index (χ1v) is 10.3. The first kappa shape index (κ1) is 16.5. The number of hydrogen-bond acceptors (Lipinski definition) is 5. The van der Waals surface area contributed by atoms with E-state index in [1.807, 2.05) is 29.6 Å². The van der Waals surface area contributed by atoms with Crippen molar-refractivity contribution in [3.05, 3.63) is 59.0 Å². The van der Waals surface area contributed by atoms with Crippen LogP contribution >= 0.6 is 11.3 Å². The number of ether oxygens (including phenoxy) is 1. The van der Waals surface area contributed by atoms with Gasteiger partial charge in [-0.1, -0.05) is 18.2 Å². The topological polar surface area (TPSA) is 75.6 Å². The minimum absolute atomic E-state index is 0.0728. The molecule has 0 fully saturated rings. The van der Waals surface area contributed by atoms with Crippen molar-refractivity contribution in [2.24, 2.45) is 0 Å². The van der Waals surface area contributed by atoms with Crippen molar-refractivity contribution in [2.75, 3.05) is 13.2 Å². The molecule has 1 aromatic heterocycles. The van der Waals surface area contributed by atoms with Crippen molar-refractivity contribution < 1.29 is 18.3 Å². The van der Waals surface area contributed by atoms with Crippen LogP contribution in [0.4, 0.5) is 0 Å². The van der Waals surface area contributed by atoms with Gasteiger partial charge in [-0.15, -0.1) is 11.3 Å². The molecule has 25 heavy (non-hydrogen) atoms. The molecule has 0 saturated heterocycles. The molecule has 2 N–H and O–H groups in total. The Balaban J connectivity index is 1.52. The van der Waals surface area contributed by atoms with E-state index in [4.69, 9.17) is 4.74 Å². The smallest absolute Gasteiger partial charge is 0.240 e. The number of aliphatic hydroxyl groups excluding tert-OH is 1. The van der Waals surface area contributed by atoms with Crippen LogP contribution in [0.25, 0.3) is 10.1 Å². The molecular weight excluding hydrogens is 358 g/mol. The van der Waals surface area contributed by atoms with Gasteiger partial charge in [-0.3, -0.25) is 0 Å². The van der Waals surface area contributed by atoms with Gasteiger partial charge in [-0.05, 0) is 40.6 Å². The Kier molecular flexibility index (Phi) is 4.24. The maximum atomic E-state index is 12.5. The lowest BCUT2D eigenvalue weighted by Crippen LogP contribution is -2.28. The van der Waals surface area contributed by atoms with E-state index in [2.05, 4.69) is 4.72 Å². The second-order valence-electron chi connectivity index (χ2n) is 5.92. The highest BCUT2D eigenvalue weighted by Crippen LogP contribution is 2.30. The van der Waals surface area contributed by atoms with Crippen molar-refractivity contribution in [1.82, 2.24) is 4.72 Å². The summed E-state index contributed by atoms with van der Waals surface area (Å²) in [6, 6.07) is 12.6.